The first-order valence-corrected chi connectivity index (χ1v) is 5.21. The van der Waals surface area contributed by atoms with Gasteiger partial charge in [-0.1, -0.05) is 6.42 Å². The number of aromatic nitrogens is 4. The van der Waals surface area contributed by atoms with E-state index >= 15 is 0 Å². The largest absolute Gasteiger partial charge is 0.330 e. The van der Waals surface area contributed by atoms with Crippen molar-refractivity contribution in [3.63, 3.8) is 0 Å². The Morgan fingerprint density at radius 1 is 1.40 bits per heavy atom. The van der Waals surface area contributed by atoms with Gasteiger partial charge in [0.15, 0.2) is 0 Å². The Kier molecular flexibility index (Phi) is 1.76. The summed E-state index contributed by atoms with van der Waals surface area (Å²) in [4.78, 5) is 4.28. The van der Waals surface area contributed by atoms with Crippen molar-refractivity contribution in [1.29, 1.82) is 0 Å². The molecule has 1 aliphatic rings. The molecule has 1 saturated carbocycles. The van der Waals surface area contributed by atoms with Gasteiger partial charge in [0.25, 0.3) is 0 Å². The van der Waals surface area contributed by atoms with Crippen molar-refractivity contribution in [2.24, 2.45) is 5.73 Å². The third-order valence-corrected chi connectivity index (χ3v) is 3.49. The summed E-state index contributed by atoms with van der Waals surface area (Å²) < 4.78 is 0. The lowest BCUT2D eigenvalue weighted by Gasteiger charge is -2.41. The second kappa shape index (κ2) is 3.00. The first-order chi connectivity index (χ1) is 7.34. The fraction of sp³-hybridized carbons (Fsp3) is 0.500. The molecule has 15 heavy (non-hydrogen) atoms. The molecular weight excluding hydrogens is 190 g/mol. The number of nitrogens with one attached hydrogen (secondary N) is 1. The van der Waals surface area contributed by atoms with E-state index in [1.165, 1.54) is 12.0 Å². The Morgan fingerprint density at radius 2 is 2.27 bits per heavy atom. The van der Waals surface area contributed by atoms with Gasteiger partial charge in [0.05, 0.1) is 0 Å². The number of nitrogens with two attached hydrogens (primary N) is 1. The summed E-state index contributed by atoms with van der Waals surface area (Å²) >= 11 is 0. The second-order valence-corrected chi connectivity index (χ2v) is 4.23. The van der Waals surface area contributed by atoms with E-state index in [-0.39, 0.29) is 5.41 Å². The molecule has 3 rings (SSSR count). The van der Waals surface area contributed by atoms with Crippen LogP contribution in [-0.4, -0.2) is 26.9 Å². The highest BCUT2D eigenvalue weighted by Gasteiger charge is 2.37. The molecular formula is C10H13N5. The van der Waals surface area contributed by atoms with Gasteiger partial charge in [-0.15, -0.1) is 5.10 Å². The van der Waals surface area contributed by atoms with Crippen LogP contribution in [-0.2, 0) is 5.41 Å². The van der Waals surface area contributed by atoms with Crippen LogP contribution in [0, 0.1) is 0 Å². The topological polar surface area (TPSA) is 80.5 Å². The van der Waals surface area contributed by atoms with Crippen molar-refractivity contribution in [1.82, 2.24) is 20.4 Å². The number of aromatic amines is 1. The van der Waals surface area contributed by atoms with Crippen molar-refractivity contribution in [3.8, 4) is 0 Å². The standard InChI is InChI=1S/C10H13N5/c11-6-10(2-1-3-10)7-4-8-9(12-5-7)14-15-13-8/h4-5H,1-3,6,11H2,(H,12,13,14,15). The highest BCUT2D eigenvalue weighted by molar-refractivity contribution is 5.69. The molecule has 1 aliphatic carbocycles. The zero-order valence-corrected chi connectivity index (χ0v) is 8.40. The minimum atomic E-state index is 0.153. The SMILES string of the molecule is NCC1(c2cnc3n[nH]nc3c2)CCC1. The third-order valence-electron chi connectivity index (χ3n) is 3.49. The molecule has 0 radical (unpaired) electrons. The van der Waals surface area contributed by atoms with Crippen LogP contribution in [0.1, 0.15) is 24.8 Å². The summed E-state index contributed by atoms with van der Waals surface area (Å²) in [7, 11) is 0. The quantitative estimate of drug-likeness (QED) is 0.754. The van der Waals surface area contributed by atoms with Crippen molar-refractivity contribution < 1.29 is 0 Å². The van der Waals surface area contributed by atoms with E-state index in [0.717, 1.165) is 18.4 Å². The average molecular weight is 203 g/mol. The van der Waals surface area contributed by atoms with Gasteiger partial charge in [-0.05, 0) is 24.5 Å². The molecule has 78 valence electrons. The van der Waals surface area contributed by atoms with Crippen molar-refractivity contribution in [2.75, 3.05) is 6.54 Å². The molecule has 0 saturated heterocycles. The van der Waals surface area contributed by atoms with Gasteiger partial charge in [0, 0.05) is 18.2 Å². The van der Waals surface area contributed by atoms with Crippen LogP contribution in [0.4, 0.5) is 0 Å². The number of hydrogen-bond acceptors (Lipinski definition) is 4. The molecule has 0 spiro atoms. The molecule has 2 aromatic rings. The molecule has 0 bridgehead atoms. The highest BCUT2D eigenvalue weighted by atomic mass is 15.3. The van der Waals surface area contributed by atoms with E-state index in [2.05, 4.69) is 26.5 Å². The molecule has 3 N–H and O–H groups in total. The normalized spacial score (nSPS) is 19.0. The van der Waals surface area contributed by atoms with E-state index in [9.17, 15) is 0 Å². The smallest absolute Gasteiger partial charge is 0.201 e. The van der Waals surface area contributed by atoms with Crippen LogP contribution in [0.15, 0.2) is 12.3 Å². The molecule has 1 fully saturated rings. The van der Waals surface area contributed by atoms with E-state index in [1.807, 2.05) is 6.20 Å². The van der Waals surface area contributed by atoms with Crippen LogP contribution in [0.2, 0.25) is 0 Å². The molecule has 0 amide bonds. The predicted octanol–water partition coefficient (Wildman–Crippen LogP) is 0.733. The van der Waals surface area contributed by atoms with Gasteiger partial charge < -0.3 is 5.73 Å². The van der Waals surface area contributed by atoms with Gasteiger partial charge in [0.1, 0.15) is 5.52 Å². The van der Waals surface area contributed by atoms with Crippen LogP contribution in [0.25, 0.3) is 11.2 Å². The van der Waals surface area contributed by atoms with E-state index in [1.54, 1.807) is 0 Å². The molecule has 2 aromatic heterocycles. The molecule has 5 heteroatoms. The monoisotopic (exact) mass is 203 g/mol. The second-order valence-electron chi connectivity index (χ2n) is 4.23. The average Bonchev–Trinajstić information content (AvgIpc) is 2.64. The molecule has 0 aliphatic heterocycles. The lowest BCUT2D eigenvalue weighted by atomic mass is 9.65. The van der Waals surface area contributed by atoms with Crippen LogP contribution >= 0.6 is 0 Å². The van der Waals surface area contributed by atoms with E-state index in [0.29, 0.717) is 12.2 Å². The zero-order chi connectivity index (χ0) is 10.3. The number of fused-ring (bicyclic) bond motifs is 1. The summed E-state index contributed by atoms with van der Waals surface area (Å²) in [6, 6.07) is 2.05. The van der Waals surface area contributed by atoms with Gasteiger partial charge in [0.2, 0.25) is 5.65 Å². The maximum atomic E-state index is 5.85. The lowest BCUT2D eigenvalue weighted by molar-refractivity contribution is 0.252. The Morgan fingerprint density at radius 3 is 2.93 bits per heavy atom. The molecule has 0 atom stereocenters. The number of nitrogens with zero attached hydrogens (tertiary/aromatic N) is 3. The molecule has 0 unspecified atom stereocenters. The zero-order valence-electron chi connectivity index (χ0n) is 8.40. The number of pyridine rings is 1. The van der Waals surface area contributed by atoms with Crippen molar-refractivity contribution in [3.05, 3.63) is 17.8 Å². The van der Waals surface area contributed by atoms with E-state index < -0.39 is 0 Å². The summed E-state index contributed by atoms with van der Waals surface area (Å²) in [5.41, 5.74) is 8.71. The van der Waals surface area contributed by atoms with Gasteiger partial charge in [-0.2, -0.15) is 10.3 Å². The number of hydrogen-bond donors (Lipinski definition) is 2. The summed E-state index contributed by atoms with van der Waals surface area (Å²) in [6.45, 7) is 0.692. The minimum Gasteiger partial charge on any atom is -0.330 e. The summed E-state index contributed by atoms with van der Waals surface area (Å²) in [5.74, 6) is 0. The predicted molar refractivity (Wildman–Crippen MR) is 56.3 cm³/mol. The van der Waals surface area contributed by atoms with Gasteiger partial charge in [-0.25, -0.2) is 4.98 Å². The van der Waals surface area contributed by atoms with E-state index in [4.69, 9.17) is 5.73 Å². The summed E-state index contributed by atoms with van der Waals surface area (Å²) in [6.07, 6.45) is 5.47. The number of rotatable bonds is 2. The van der Waals surface area contributed by atoms with Gasteiger partial charge >= 0.3 is 0 Å². The molecule has 5 nitrogen and oxygen atoms in total. The lowest BCUT2D eigenvalue weighted by Crippen LogP contribution is -2.41. The minimum absolute atomic E-state index is 0.153. The maximum Gasteiger partial charge on any atom is 0.201 e. The van der Waals surface area contributed by atoms with Crippen LogP contribution in [0.3, 0.4) is 0 Å². The molecule has 2 heterocycles. The van der Waals surface area contributed by atoms with Crippen molar-refractivity contribution >= 4 is 11.2 Å². The summed E-state index contributed by atoms with van der Waals surface area (Å²) in [5, 5.41) is 10.6. The van der Waals surface area contributed by atoms with Crippen LogP contribution in [0.5, 0.6) is 0 Å². The first kappa shape index (κ1) is 8.79. The van der Waals surface area contributed by atoms with Gasteiger partial charge in [-0.3, -0.25) is 0 Å². The highest BCUT2D eigenvalue weighted by Crippen LogP contribution is 2.42. The third kappa shape index (κ3) is 1.16. The number of H-pyrrole nitrogens is 1. The fourth-order valence-electron chi connectivity index (χ4n) is 2.24. The Labute approximate surface area is 87.1 Å². The Bertz CT molecular complexity index is 480. The van der Waals surface area contributed by atoms with Crippen LogP contribution < -0.4 is 5.73 Å². The molecule has 0 aromatic carbocycles. The first-order valence-electron chi connectivity index (χ1n) is 5.21. The fourth-order valence-corrected chi connectivity index (χ4v) is 2.24. The van der Waals surface area contributed by atoms with Crippen molar-refractivity contribution in [2.45, 2.75) is 24.7 Å². The Hall–Kier alpha value is -1.49. The maximum absolute atomic E-state index is 5.85. The Balaban J connectivity index is 2.10.